The van der Waals surface area contributed by atoms with Gasteiger partial charge in [0.25, 0.3) is 0 Å². The highest BCUT2D eigenvalue weighted by atomic mass is 16.3. The van der Waals surface area contributed by atoms with E-state index in [9.17, 15) is 9.90 Å². The minimum absolute atomic E-state index is 0.170. The molecule has 0 saturated carbocycles. The Labute approximate surface area is 126 Å². The molecule has 0 aliphatic heterocycles. The normalized spacial score (nSPS) is 13.4. The first kappa shape index (κ1) is 17.2. The number of aliphatic hydroxyl groups excluding tert-OH is 1. The lowest BCUT2D eigenvalue weighted by atomic mass is 10.0. The van der Waals surface area contributed by atoms with Gasteiger partial charge in [-0.1, -0.05) is 26.3 Å². The third kappa shape index (κ3) is 5.99. The fourth-order valence-corrected chi connectivity index (χ4v) is 1.72. The van der Waals surface area contributed by atoms with Crippen molar-refractivity contribution in [2.75, 3.05) is 25.5 Å². The van der Waals surface area contributed by atoms with Gasteiger partial charge in [-0.05, 0) is 18.1 Å². The van der Waals surface area contributed by atoms with Gasteiger partial charge in [-0.15, -0.1) is 0 Å². The molecule has 0 radical (unpaired) electrons. The lowest BCUT2D eigenvalue weighted by Gasteiger charge is -2.17. The van der Waals surface area contributed by atoms with Gasteiger partial charge in [0.05, 0.1) is 18.3 Å². The Morgan fingerprint density at radius 3 is 2.71 bits per heavy atom. The monoisotopic (exact) mass is 294 g/mol. The van der Waals surface area contributed by atoms with Gasteiger partial charge in [0.15, 0.2) is 0 Å². The van der Waals surface area contributed by atoms with Crippen molar-refractivity contribution in [1.82, 2.24) is 15.6 Å². The lowest BCUT2D eigenvalue weighted by Crippen LogP contribution is -2.41. The van der Waals surface area contributed by atoms with Crippen LogP contribution in [0, 0.1) is 5.92 Å². The van der Waals surface area contributed by atoms with E-state index in [1.165, 1.54) is 0 Å². The maximum Gasteiger partial charge on any atom is 0.315 e. The Balaban J connectivity index is 2.38. The molecule has 1 aromatic heterocycles. The van der Waals surface area contributed by atoms with Crippen LogP contribution in [0.25, 0.3) is 0 Å². The molecule has 0 aromatic carbocycles. The number of rotatable bonds is 7. The molecular formula is C15H26N4O2. The van der Waals surface area contributed by atoms with E-state index < -0.39 is 6.10 Å². The summed E-state index contributed by atoms with van der Waals surface area (Å²) in [5.41, 5.74) is 0.791. The number of amides is 2. The minimum Gasteiger partial charge on any atom is -0.391 e. The van der Waals surface area contributed by atoms with Crippen LogP contribution in [-0.2, 0) is 6.54 Å². The van der Waals surface area contributed by atoms with Crippen LogP contribution in [-0.4, -0.2) is 42.9 Å². The average Bonchev–Trinajstić information content (AvgIpc) is 2.49. The van der Waals surface area contributed by atoms with E-state index in [-0.39, 0.29) is 18.5 Å². The number of nitrogens with one attached hydrogen (secondary N) is 2. The third-order valence-electron chi connectivity index (χ3n) is 3.45. The molecule has 2 unspecified atom stereocenters. The summed E-state index contributed by atoms with van der Waals surface area (Å²) in [7, 11) is 3.84. The van der Waals surface area contributed by atoms with E-state index in [2.05, 4.69) is 15.6 Å². The predicted molar refractivity (Wildman–Crippen MR) is 84.3 cm³/mol. The van der Waals surface area contributed by atoms with E-state index >= 15 is 0 Å². The Morgan fingerprint density at radius 1 is 1.38 bits per heavy atom. The van der Waals surface area contributed by atoms with Crippen LogP contribution in [0.3, 0.4) is 0 Å². The maximum atomic E-state index is 11.7. The Morgan fingerprint density at radius 2 is 2.10 bits per heavy atom. The van der Waals surface area contributed by atoms with Crippen molar-refractivity contribution in [2.45, 2.75) is 32.9 Å². The number of urea groups is 1. The number of anilines is 1. The highest BCUT2D eigenvalue weighted by molar-refractivity contribution is 5.73. The van der Waals surface area contributed by atoms with Gasteiger partial charge in [-0.3, -0.25) is 0 Å². The van der Waals surface area contributed by atoms with Gasteiger partial charge in [-0.25, -0.2) is 9.78 Å². The summed E-state index contributed by atoms with van der Waals surface area (Å²) in [4.78, 5) is 18.0. The van der Waals surface area contributed by atoms with Crippen LogP contribution < -0.4 is 15.5 Å². The Bertz CT molecular complexity index is 451. The zero-order chi connectivity index (χ0) is 15.8. The van der Waals surface area contributed by atoms with E-state index in [0.717, 1.165) is 17.9 Å². The zero-order valence-electron chi connectivity index (χ0n) is 13.3. The standard InChI is InChI=1S/C15H26N4O2/c1-5-11(2)13(20)10-17-15(21)16-9-12-7-6-8-14(18-12)19(3)4/h6-8,11,13,20H,5,9-10H2,1-4H3,(H2,16,17,21). The van der Waals surface area contributed by atoms with Gasteiger partial charge in [0, 0.05) is 20.6 Å². The molecule has 0 spiro atoms. The number of aromatic nitrogens is 1. The molecule has 0 aliphatic carbocycles. The number of pyridine rings is 1. The second kappa shape index (κ2) is 8.46. The summed E-state index contributed by atoms with van der Waals surface area (Å²) < 4.78 is 0. The predicted octanol–water partition coefficient (Wildman–Crippen LogP) is 1.35. The molecule has 1 aromatic rings. The third-order valence-corrected chi connectivity index (χ3v) is 3.45. The molecule has 0 fully saturated rings. The van der Waals surface area contributed by atoms with Gasteiger partial charge >= 0.3 is 6.03 Å². The van der Waals surface area contributed by atoms with Crippen molar-refractivity contribution in [3.05, 3.63) is 23.9 Å². The van der Waals surface area contributed by atoms with E-state index in [4.69, 9.17) is 0 Å². The zero-order valence-corrected chi connectivity index (χ0v) is 13.3. The van der Waals surface area contributed by atoms with Crippen LogP contribution in [0.5, 0.6) is 0 Å². The van der Waals surface area contributed by atoms with Gasteiger partial charge in [0.2, 0.25) is 0 Å². The molecule has 6 heteroatoms. The molecule has 21 heavy (non-hydrogen) atoms. The van der Waals surface area contributed by atoms with Crippen molar-refractivity contribution < 1.29 is 9.90 Å². The Hall–Kier alpha value is -1.82. The van der Waals surface area contributed by atoms with Crippen LogP contribution in [0.15, 0.2) is 18.2 Å². The summed E-state index contributed by atoms with van der Waals surface area (Å²) in [5.74, 6) is 1.02. The smallest absolute Gasteiger partial charge is 0.315 e. The van der Waals surface area contributed by atoms with Crippen LogP contribution in [0.4, 0.5) is 10.6 Å². The highest BCUT2D eigenvalue weighted by Gasteiger charge is 2.13. The molecule has 0 saturated heterocycles. The first-order chi connectivity index (χ1) is 9.93. The average molecular weight is 294 g/mol. The molecular weight excluding hydrogens is 268 g/mol. The summed E-state index contributed by atoms with van der Waals surface area (Å²) in [5, 5.41) is 15.2. The molecule has 0 aliphatic rings. The topological polar surface area (TPSA) is 77.5 Å². The molecule has 2 atom stereocenters. The second-order valence-corrected chi connectivity index (χ2v) is 5.40. The SMILES string of the molecule is CCC(C)C(O)CNC(=O)NCc1cccc(N(C)C)n1. The highest BCUT2D eigenvalue weighted by Crippen LogP contribution is 2.08. The first-order valence-electron chi connectivity index (χ1n) is 7.27. The van der Waals surface area contributed by atoms with Crippen LogP contribution in [0.2, 0.25) is 0 Å². The largest absolute Gasteiger partial charge is 0.391 e. The van der Waals surface area contributed by atoms with Gasteiger partial charge < -0.3 is 20.6 Å². The second-order valence-electron chi connectivity index (χ2n) is 5.40. The van der Waals surface area contributed by atoms with Crippen molar-refractivity contribution in [3.63, 3.8) is 0 Å². The van der Waals surface area contributed by atoms with Gasteiger partial charge in [-0.2, -0.15) is 0 Å². The summed E-state index contributed by atoms with van der Waals surface area (Å²) in [6, 6.07) is 5.38. The molecule has 6 nitrogen and oxygen atoms in total. The molecule has 1 heterocycles. The number of carbonyl (C=O) groups excluding carboxylic acids is 1. The quantitative estimate of drug-likeness (QED) is 0.709. The number of hydrogen-bond acceptors (Lipinski definition) is 4. The fourth-order valence-electron chi connectivity index (χ4n) is 1.72. The fraction of sp³-hybridized carbons (Fsp3) is 0.600. The number of nitrogens with zero attached hydrogens (tertiary/aromatic N) is 2. The molecule has 1 rings (SSSR count). The van der Waals surface area contributed by atoms with Crippen LogP contribution in [0.1, 0.15) is 26.0 Å². The molecule has 118 valence electrons. The number of aliphatic hydroxyl groups is 1. The molecule has 2 amide bonds. The van der Waals surface area contributed by atoms with Crippen molar-refractivity contribution in [1.29, 1.82) is 0 Å². The molecule has 3 N–H and O–H groups in total. The number of hydrogen-bond donors (Lipinski definition) is 3. The van der Waals surface area contributed by atoms with E-state index in [0.29, 0.717) is 6.54 Å². The Kier molecular flexibility index (Phi) is 6.94. The van der Waals surface area contributed by atoms with E-state index in [1.54, 1.807) is 0 Å². The number of carbonyl (C=O) groups is 1. The van der Waals surface area contributed by atoms with Crippen molar-refractivity contribution in [2.24, 2.45) is 5.92 Å². The van der Waals surface area contributed by atoms with Crippen LogP contribution >= 0.6 is 0 Å². The summed E-state index contributed by atoms with van der Waals surface area (Å²) >= 11 is 0. The lowest BCUT2D eigenvalue weighted by molar-refractivity contribution is 0.114. The van der Waals surface area contributed by atoms with E-state index in [1.807, 2.05) is 51.0 Å². The van der Waals surface area contributed by atoms with Crippen molar-refractivity contribution in [3.8, 4) is 0 Å². The summed E-state index contributed by atoms with van der Waals surface area (Å²) in [6.07, 6.45) is 0.363. The molecule has 0 bridgehead atoms. The minimum atomic E-state index is -0.518. The maximum absolute atomic E-state index is 11.7. The van der Waals surface area contributed by atoms with Gasteiger partial charge in [0.1, 0.15) is 5.82 Å². The summed E-state index contributed by atoms with van der Waals surface area (Å²) in [6.45, 7) is 4.58. The van der Waals surface area contributed by atoms with Crippen molar-refractivity contribution >= 4 is 11.8 Å². The first-order valence-corrected chi connectivity index (χ1v) is 7.27.